The smallest absolute Gasteiger partial charge is 0.0541 e. The molecule has 280 valence electrons. The Balaban J connectivity index is 0.892. The highest BCUT2D eigenvalue weighted by Gasteiger charge is 2.35. The molecular formula is C57H42N2. The lowest BCUT2D eigenvalue weighted by atomic mass is 9.81. The molecule has 0 spiro atoms. The fourth-order valence-corrected chi connectivity index (χ4v) is 9.45. The zero-order valence-electron chi connectivity index (χ0n) is 33.2. The largest absolute Gasteiger partial charge is 0.311 e. The van der Waals surface area contributed by atoms with Gasteiger partial charge in [0.2, 0.25) is 0 Å². The van der Waals surface area contributed by atoms with E-state index in [2.05, 4.69) is 242 Å². The lowest BCUT2D eigenvalue weighted by Crippen LogP contribution is -2.14. The van der Waals surface area contributed by atoms with Crippen LogP contribution in [0.2, 0.25) is 0 Å². The molecule has 10 aromatic rings. The van der Waals surface area contributed by atoms with Crippen LogP contribution < -0.4 is 4.90 Å². The number of benzene rings is 9. The first-order valence-corrected chi connectivity index (χ1v) is 20.5. The van der Waals surface area contributed by atoms with Crippen LogP contribution in [-0.4, -0.2) is 4.57 Å². The summed E-state index contributed by atoms with van der Waals surface area (Å²) >= 11 is 0. The maximum Gasteiger partial charge on any atom is 0.0541 e. The van der Waals surface area contributed by atoms with Crippen LogP contribution in [0.1, 0.15) is 25.0 Å². The summed E-state index contributed by atoms with van der Waals surface area (Å²) in [4.78, 5) is 2.34. The van der Waals surface area contributed by atoms with Crippen molar-refractivity contribution in [2.45, 2.75) is 19.3 Å². The molecule has 2 heteroatoms. The zero-order chi connectivity index (χ0) is 39.5. The summed E-state index contributed by atoms with van der Waals surface area (Å²) in [6.07, 6.45) is 0. The molecule has 0 radical (unpaired) electrons. The van der Waals surface area contributed by atoms with Gasteiger partial charge in [-0.1, -0.05) is 172 Å². The molecule has 0 fully saturated rings. The Hall–Kier alpha value is -7.42. The first-order chi connectivity index (χ1) is 29.0. The highest BCUT2D eigenvalue weighted by Crippen LogP contribution is 2.49. The van der Waals surface area contributed by atoms with Crippen molar-refractivity contribution in [3.8, 4) is 50.2 Å². The molecule has 0 amide bonds. The van der Waals surface area contributed by atoms with Crippen LogP contribution in [-0.2, 0) is 5.41 Å². The van der Waals surface area contributed by atoms with Crippen LogP contribution >= 0.6 is 0 Å². The molecule has 0 bridgehead atoms. The molecule has 1 aliphatic rings. The van der Waals surface area contributed by atoms with Gasteiger partial charge < -0.3 is 9.47 Å². The van der Waals surface area contributed by atoms with Crippen molar-refractivity contribution >= 4 is 38.9 Å². The summed E-state index contributed by atoms with van der Waals surface area (Å²) in [5.74, 6) is 0. The molecule has 0 N–H and O–H groups in total. The second kappa shape index (κ2) is 13.9. The van der Waals surface area contributed by atoms with Crippen molar-refractivity contribution in [1.29, 1.82) is 0 Å². The Morgan fingerprint density at radius 1 is 0.339 bits per heavy atom. The van der Waals surface area contributed by atoms with Crippen LogP contribution in [0, 0.1) is 0 Å². The summed E-state index contributed by atoms with van der Waals surface area (Å²) in [6, 6.07) is 79.6. The van der Waals surface area contributed by atoms with E-state index >= 15 is 0 Å². The number of aromatic nitrogens is 1. The van der Waals surface area contributed by atoms with Crippen LogP contribution in [0.4, 0.5) is 17.1 Å². The standard InChI is InChI=1S/C57H42N2/c1-57(2)52-20-10-6-17-48(52)49-37-32-43(38-53(49)57)41-30-35-46(36-31-41)58(44-14-4-3-5-15-44)45-33-28-40(29-34-45)39-24-26-42(27-25-39)47-16-7-11-21-54(47)59-55-22-12-8-18-50(55)51-19-9-13-23-56(51)59/h3-38H,1-2H3. The van der Waals surface area contributed by atoms with Gasteiger partial charge in [0.25, 0.3) is 0 Å². The van der Waals surface area contributed by atoms with E-state index in [1.165, 1.54) is 83.1 Å². The third-order valence-electron chi connectivity index (χ3n) is 12.4. The van der Waals surface area contributed by atoms with Crippen LogP contribution in [0.5, 0.6) is 0 Å². The van der Waals surface area contributed by atoms with E-state index < -0.39 is 0 Å². The normalized spacial score (nSPS) is 12.7. The van der Waals surface area contributed by atoms with Crippen molar-refractivity contribution in [1.82, 2.24) is 4.57 Å². The molecule has 11 rings (SSSR count). The van der Waals surface area contributed by atoms with Crippen molar-refractivity contribution < 1.29 is 0 Å². The van der Waals surface area contributed by atoms with Crippen molar-refractivity contribution in [2.24, 2.45) is 0 Å². The minimum atomic E-state index is -0.0278. The maximum absolute atomic E-state index is 2.41. The number of nitrogens with zero attached hydrogens (tertiary/aromatic N) is 2. The molecule has 1 heterocycles. The molecule has 0 aliphatic heterocycles. The summed E-state index contributed by atoms with van der Waals surface area (Å²) in [7, 11) is 0. The highest BCUT2D eigenvalue weighted by molar-refractivity contribution is 6.09. The van der Waals surface area contributed by atoms with Gasteiger partial charge in [-0.2, -0.15) is 0 Å². The first kappa shape index (κ1) is 34.8. The SMILES string of the molecule is CC1(C)c2ccccc2-c2ccc(-c3ccc(N(c4ccccc4)c4ccc(-c5ccc(-c6ccccc6-n6c7ccccc7c7ccccc76)cc5)cc4)cc3)cc21. The topological polar surface area (TPSA) is 8.17 Å². The van der Waals surface area contributed by atoms with Gasteiger partial charge in [0.1, 0.15) is 0 Å². The van der Waals surface area contributed by atoms with E-state index in [0.29, 0.717) is 0 Å². The molecule has 1 aromatic heterocycles. The minimum Gasteiger partial charge on any atom is -0.311 e. The fraction of sp³-hybridized carbons (Fsp3) is 0.0526. The predicted octanol–water partition coefficient (Wildman–Crippen LogP) is 15.6. The van der Waals surface area contributed by atoms with Crippen LogP contribution in [0.15, 0.2) is 218 Å². The zero-order valence-corrected chi connectivity index (χ0v) is 33.2. The van der Waals surface area contributed by atoms with E-state index in [4.69, 9.17) is 0 Å². The van der Waals surface area contributed by atoms with E-state index in [1.807, 2.05) is 0 Å². The average Bonchev–Trinajstić information content (AvgIpc) is 3.75. The molecule has 9 aromatic carbocycles. The summed E-state index contributed by atoms with van der Waals surface area (Å²) in [5.41, 5.74) is 19.7. The van der Waals surface area contributed by atoms with Gasteiger partial charge in [-0.05, 0) is 111 Å². The Morgan fingerprint density at radius 2 is 0.780 bits per heavy atom. The van der Waals surface area contributed by atoms with Crippen LogP contribution in [0.25, 0.3) is 72.0 Å². The second-order valence-electron chi connectivity index (χ2n) is 16.2. The molecule has 1 aliphatic carbocycles. The monoisotopic (exact) mass is 754 g/mol. The van der Waals surface area contributed by atoms with Gasteiger partial charge in [-0.3, -0.25) is 0 Å². The quantitative estimate of drug-likeness (QED) is 0.157. The number of fused-ring (bicyclic) bond motifs is 6. The molecule has 0 atom stereocenters. The molecule has 0 unspecified atom stereocenters. The number of hydrogen-bond acceptors (Lipinski definition) is 1. The van der Waals surface area contributed by atoms with Gasteiger partial charge in [0.15, 0.2) is 0 Å². The summed E-state index contributed by atoms with van der Waals surface area (Å²) < 4.78 is 2.41. The van der Waals surface area contributed by atoms with Crippen molar-refractivity contribution in [2.75, 3.05) is 4.90 Å². The third-order valence-corrected chi connectivity index (χ3v) is 12.4. The molecular weight excluding hydrogens is 713 g/mol. The van der Waals surface area contributed by atoms with E-state index in [1.54, 1.807) is 0 Å². The molecule has 59 heavy (non-hydrogen) atoms. The maximum atomic E-state index is 2.41. The average molecular weight is 755 g/mol. The number of para-hydroxylation sites is 4. The van der Waals surface area contributed by atoms with E-state index in [-0.39, 0.29) is 5.41 Å². The Bertz CT molecular complexity index is 3100. The van der Waals surface area contributed by atoms with Gasteiger partial charge in [-0.25, -0.2) is 0 Å². The van der Waals surface area contributed by atoms with E-state index in [9.17, 15) is 0 Å². The van der Waals surface area contributed by atoms with Crippen molar-refractivity contribution in [3.63, 3.8) is 0 Å². The first-order valence-electron chi connectivity index (χ1n) is 20.5. The third kappa shape index (κ3) is 5.79. The van der Waals surface area contributed by atoms with E-state index in [0.717, 1.165) is 17.1 Å². The Kier molecular flexibility index (Phi) is 8.20. The fourth-order valence-electron chi connectivity index (χ4n) is 9.45. The van der Waals surface area contributed by atoms with Crippen molar-refractivity contribution in [3.05, 3.63) is 230 Å². The van der Waals surface area contributed by atoms with Gasteiger partial charge in [0, 0.05) is 38.8 Å². The number of anilines is 3. The van der Waals surface area contributed by atoms with Crippen LogP contribution in [0.3, 0.4) is 0 Å². The van der Waals surface area contributed by atoms with Gasteiger partial charge >= 0.3 is 0 Å². The predicted molar refractivity (Wildman–Crippen MR) is 249 cm³/mol. The molecule has 0 saturated carbocycles. The lowest BCUT2D eigenvalue weighted by Gasteiger charge is -2.26. The summed E-state index contributed by atoms with van der Waals surface area (Å²) in [6.45, 7) is 4.69. The number of rotatable bonds is 7. The second-order valence-corrected chi connectivity index (χ2v) is 16.2. The minimum absolute atomic E-state index is 0.0278. The van der Waals surface area contributed by atoms with Gasteiger partial charge in [-0.15, -0.1) is 0 Å². The molecule has 2 nitrogen and oxygen atoms in total. The number of hydrogen-bond donors (Lipinski definition) is 0. The Morgan fingerprint density at radius 3 is 1.42 bits per heavy atom. The Labute approximate surface area is 345 Å². The van der Waals surface area contributed by atoms with Gasteiger partial charge in [0.05, 0.1) is 16.7 Å². The summed E-state index contributed by atoms with van der Waals surface area (Å²) in [5, 5.41) is 2.54. The molecule has 0 saturated heterocycles. The lowest BCUT2D eigenvalue weighted by molar-refractivity contribution is 0.660. The highest BCUT2D eigenvalue weighted by atomic mass is 15.1.